The summed E-state index contributed by atoms with van der Waals surface area (Å²) in [4.78, 5) is 14.6. The van der Waals surface area contributed by atoms with Crippen LogP contribution in [0.4, 0.5) is 0 Å². The van der Waals surface area contributed by atoms with E-state index < -0.39 is 0 Å². The number of aromatic nitrogens is 2. The van der Waals surface area contributed by atoms with E-state index in [1.54, 1.807) is 6.07 Å². The van der Waals surface area contributed by atoms with Crippen molar-refractivity contribution in [2.24, 2.45) is 0 Å². The molecule has 1 aliphatic rings. The summed E-state index contributed by atoms with van der Waals surface area (Å²) in [5, 5.41) is 6.01. The number of benzene rings is 3. The fourth-order valence-corrected chi connectivity index (χ4v) is 5.06. The third-order valence-electron chi connectivity index (χ3n) is 5.05. The van der Waals surface area contributed by atoms with E-state index in [4.69, 9.17) is 28.3 Å². The minimum Gasteiger partial charge on any atom is -0.288 e. The molecule has 6 heteroatoms. The lowest BCUT2D eigenvalue weighted by molar-refractivity contribution is 0.104. The Labute approximate surface area is 194 Å². The van der Waals surface area contributed by atoms with Gasteiger partial charge < -0.3 is 0 Å². The zero-order chi connectivity index (χ0) is 21.4. The van der Waals surface area contributed by atoms with Crippen LogP contribution in [0.3, 0.4) is 0 Å². The van der Waals surface area contributed by atoms with E-state index >= 15 is 0 Å². The molecule has 4 aromatic rings. The van der Waals surface area contributed by atoms with Crippen LogP contribution in [0.1, 0.15) is 21.5 Å². The van der Waals surface area contributed by atoms with E-state index in [0.717, 1.165) is 32.8 Å². The van der Waals surface area contributed by atoms with Crippen LogP contribution < -0.4 is 0 Å². The number of rotatable bonds is 4. The van der Waals surface area contributed by atoms with E-state index in [0.29, 0.717) is 21.5 Å². The molecule has 0 unspecified atom stereocenters. The maximum atomic E-state index is 12.9. The van der Waals surface area contributed by atoms with E-state index in [1.807, 2.05) is 83.7 Å². The number of hydrogen-bond acceptors (Lipinski definition) is 3. The van der Waals surface area contributed by atoms with Crippen molar-refractivity contribution in [2.75, 3.05) is 0 Å². The summed E-state index contributed by atoms with van der Waals surface area (Å²) < 4.78 is 1.85. The highest BCUT2D eigenvalue weighted by Gasteiger charge is 2.26. The number of nitrogens with zero attached hydrogens (tertiary/aromatic N) is 2. The lowest BCUT2D eigenvalue weighted by Gasteiger charge is -2.05. The molecule has 0 fully saturated rings. The average Bonchev–Trinajstić information content (AvgIpc) is 3.32. The van der Waals surface area contributed by atoms with Crippen molar-refractivity contribution in [2.45, 2.75) is 11.4 Å². The van der Waals surface area contributed by atoms with E-state index in [2.05, 4.69) is 0 Å². The van der Waals surface area contributed by atoms with Crippen molar-refractivity contribution in [3.63, 3.8) is 0 Å². The smallest absolute Gasteiger partial charge is 0.200 e. The molecule has 3 aromatic carbocycles. The average molecular weight is 463 g/mol. The molecule has 3 nitrogen and oxygen atoms in total. The number of allylic oxidation sites excluding steroid dienone is 1. The number of carbonyl (C=O) groups excluding carboxylic acids is 1. The Bertz CT molecular complexity index is 1330. The molecule has 0 radical (unpaired) electrons. The molecule has 0 N–H and O–H groups in total. The molecule has 1 aromatic heterocycles. The molecule has 31 heavy (non-hydrogen) atoms. The highest BCUT2D eigenvalue weighted by molar-refractivity contribution is 8.04. The summed E-state index contributed by atoms with van der Waals surface area (Å²) in [6.45, 7) is 0.500. The molecule has 0 amide bonds. The van der Waals surface area contributed by atoms with Gasteiger partial charge in [-0.05, 0) is 35.9 Å². The van der Waals surface area contributed by atoms with Crippen LogP contribution in [0.5, 0.6) is 0 Å². The topological polar surface area (TPSA) is 34.9 Å². The normalized spacial score (nSPS) is 14.3. The van der Waals surface area contributed by atoms with Crippen molar-refractivity contribution >= 4 is 46.8 Å². The largest absolute Gasteiger partial charge is 0.288 e. The van der Waals surface area contributed by atoms with Gasteiger partial charge in [-0.1, -0.05) is 83.5 Å². The van der Waals surface area contributed by atoms with Crippen molar-refractivity contribution in [1.29, 1.82) is 0 Å². The van der Waals surface area contributed by atoms with Gasteiger partial charge in [0, 0.05) is 37.8 Å². The van der Waals surface area contributed by atoms with Gasteiger partial charge in [0.2, 0.25) is 5.78 Å². The first-order valence-corrected chi connectivity index (χ1v) is 11.3. The van der Waals surface area contributed by atoms with Crippen molar-refractivity contribution in [3.8, 4) is 11.3 Å². The van der Waals surface area contributed by atoms with Crippen LogP contribution in [-0.4, -0.2) is 15.6 Å². The zero-order valence-electron chi connectivity index (χ0n) is 16.3. The van der Waals surface area contributed by atoms with Gasteiger partial charge in [0.05, 0.1) is 17.1 Å². The SMILES string of the molecule is O=C1/C(=C\c2cn(Cc3ccc(Cl)cc3Cl)nc2-c2ccccc2)Sc2ccccc21. The summed E-state index contributed by atoms with van der Waals surface area (Å²) in [5.41, 5.74) is 4.37. The zero-order valence-corrected chi connectivity index (χ0v) is 18.6. The summed E-state index contributed by atoms with van der Waals surface area (Å²) in [7, 11) is 0. The number of fused-ring (bicyclic) bond motifs is 1. The van der Waals surface area contributed by atoms with Crippen LogP contribution >= 0.6 is 35.0 Å². The minimum atomic E-state index is 0.0492. The summed E-state index contributed by atoms with van der Waals surface area (Å²) in [6.07, 6.45) is 3.89. The Morgan fingerprint density at radius 2 is 1.74 bits per heavy atom. The van der Waals surface area contributed by atoms with Gasteiger partial charge in [-0.15, -0.1) is 0 Å². The first-order valence-electron chi connectivity index (χ1n) is 9.68. The molecule has 0 bridgehead atoms. The van der Waals surface area contributed by atoms with Gasteiger partial charge in [-0.2, -0.15) is 5.10 Å². The van der Waals surface area contributed by atoms with E-state index in [1.165, 1.54) is 11.8 Å². The van der Waals surface area contributed by atoms with Crippen LogP contribution in [-0.2, 0) is 6.54 Å². The molecule has 1 aliphatic heterocycles. The second-order valence-corrected chi connectivity index (χ2v) is 9.10. The highest BCUT2D eigenvalue weighted by Crippen LogP contribution is 2.41. The van der Waals surface area contributed by atoms with Gasteiger partial charge in [-0.25, -0.2) is 0 Å². The van der Waals surface area contributed by atoms with Gasteiger partial charge in [-0.3, -0.25) is 9.48 Å². The fourth-order valence-electron chi connectivity index (χ4n) is 3.55. The number of carbonyl (C=O) groups is 1. The van der Waals surface area contributed by atoms with Crippen molar-refractivity contribution < 1.29 is 4.79 Å². The van der Waals surface area contributed by atoms with Crippen molar-refractivity contribution in [1.82, 2.24) is 9.78 Å². The maximum absolute atomic E-state index is 12.9. The summed E-state index contributed by atoms with van der Waals surface area (Å²) in [6, 6.07) is 23.1. The lowest BCUT2D eigenvalue weighted by Crippen LogP contribution is -2.01. The summed E-state index contributed by atoms with van der Waals surface area (Å²) >= 11 is 13.9. The fraction of sp³-hybridized carbons (Fsp3) is 0.0400. The molecule has 0 aliphatic carbocycles. The molecular weight excluding hydrogens is 447 g/mol. The number of thioether (sulfide) groups is 1. The van der Waals surface area contributed by atoms with Crippen LogP contribution in [0, 0.1) is 0 Å². The number of hydrogen-bond donors (Lipinski definition) is 0. The van der Waals surface area contributed by atoms with Crippen molar-refractivity contribution in [3.05, 3.63) is 111 Å². The van der Waals surface area contributed by atoms with Gasteiger partial charge >= 0.3 is 0 Å². The van der Waals surface area contributed by atoms with E-state index in [-0.39, 0.29) is 5.78 Å². The second-order valence-electron chi connectivity index (χ2n) is 7.17. The number of Topliss-reactive ketones (excluding diaryl/α,β-unsaturated/α-hetero) is 1. The minimum absolute atomic E-state index is 0.0492. The van der Waals surface area contributed by atoms with E-state index in [9.17, 15) is 4.79 Å². The Hall–Kier alpha value is -2.79. The monoisotopic (exact) mass is 462 g/mol. The number of ketones is 1. The lowest BCUT2D eigenvalue weighted by atomic mass is 10.1. The molecule has 2 heterocycles. The highest BCUT2D eigenvalue weighted by atomic mass is 35.5. The molecule has 152 valence electrons. The van der Waals surface area contributed by atoms with Crippen LogP contribution in [0.15, 0.2) is 88.8 Å². The molecular formula is C25H16Cl2N2OS. The number of halogens is 2. The Balaban J connectivity index is 1.56. The molecule has 0 saturated heterocycles. The molecule has 5 rings (SSSR count). The molecule has 0 saturated carbocycles. The first kappa shape index (κ1) is 20.1. The van der Waals surface area contributed by atoms with Crippen LogP contribution in [0.2, 0.25) is 10.0 Å². The Kier molecular flexibility index (Phi) is 5.45. The molecule has 0 spiro atoms. The maximum Gasteiger partial charge on any atom is 0.200 e. The van der Waals surface area contributed by atoms with Gasteiger partial charge in [0.1, 0.15) is 0 Å². The molecule has 0 atom stereocenters. The standard InChI is InChI=1S/C25H16Cl2N2OS/c26-19-11-10-17(21(27)13-19)14-29-15-18(24(28-29)16-6-2-1-3-7-16)12-23-25(30)20-8-4-5-9-22(20)31-23/h1-13,15H,14H2/b23-12+. The predicted octanol–water partition coefficient (Wildman–Crippen LogP) is 7.23. The Morgan fingerprint density at radius 1 is 0.968 bits per heavy atom. The third kappa shape index (κ3) is 4.07. The quantitative estimate of drug-likeness (QED) is 0.300. The third-order valence-corrected chi connectivity index (χ3v) is 6.73. The second kappa shape index (κ2) is 8.39. The Morgan fingerprint density at radius 3 is 2.52 bits per heavy atom. The summed E-state index contributed by atoms with van der Waals surface area (Å²) in [5.74, 6) is 0.0492. The van der Waals surface area contributed by atoms with Gasteiger partial charge in [0.15, 0.2) is 0 Å². The first-order chi connectivity index (χ1) is 15.1. The van der Waals surface area contributed by atoms with Gasteiger partial charge in [0.25, 0.3) is 0 Å². The van der Waals surface area contributed by atoms with Crippen LogP contribution in [0.25, 0.3) is 17.3 Å². The predicted molar refractivity (Wildman–Crippen MR) is 128 cm³/mol.